The third-order valence-electron chi connectivity index (χ3n) is 6.11. The maximum atomic E-state index is 13.8. The Morgan fingerprint density at radius 2 is 1.64 bits per heavy atom. The predicted molar refractivity (Wildman–Crippen MR) is 131 cm³/mol. The Bertz CT molecular complexity index is 1140. The minimum absolute atomic E-state index is 0.0252. The van der Waals surface area contributed by atoms with Crippen LogP contribution in [0.1, 0.15) is 70.7 Å². The first-order valence-electron chi connectivity index (χ1n) is 11.2. The lowest BCUT2D eigenvalue weighted by atomic mass is 9.67. The van der Waals surface area contributed by atoms with E-state index >= 15 is 0 Å². The number of esters is 1. The van der Waals surface area contributed by atoms with Gasteiger partial charge in [0.2, 0.25) is 5.91 Å². The highest BCUT2D eigenvalue weighted by atomic mass is 16.5. The number of carbonyl (C=O) groups is 2. The average molecular weight is 448 g/mol. The molecular weight excluding hydrogens is 414 g/mol. The predicted octanol–water partition coefficient (Wildman–Crippen LogP) is 5.50. The molecular formula is C28H33NO4. The summed E-state index contributed by atoms with van der Waals surface area (Å²) in [6, 6.07) is 10.9. The van der Waals surface area contributed by atoms with E-state index in [2.05, 4.69) is 17.6 Å². The number of nitrogens with one attached hydrogen (secondary N) is 1. The third-order valence-corrected chi connectivity index (χ3v) is 6.11. The van der Waals surface area contributed by atoms with Gasteiger partial charge in [0, 0.05) is 11.3 Å². The van der Waals surface area contributed by atoms with Crippen LogP contribution < -0.4 is 5.32 Å². The molecule has 1 aliphatic heterocycles. The molecule has 0 fully saturated rings. The summed E-state index contributed by atoms with van der Waals surface area (Å²) >= 11 is 0. The summed E-state index contributed by atoms with van der Waals surface area (Å²) in [5, 5.41) is 14.2. The van der Waals surface area contributed by atoms with Gasteiger partial charge in [0.15, 0.2) is 0 Å². The number of hydrogen-bond donors (Lipinski definition) is 2. The number of phenols is 1. The minimum Gasteiger partial charge on any atom is -0.507 e. The topological polar surface area (TPSA) is 75.6 Å². The first-order valence-corrected chi connectivity index (χ1v) is 11.2. The fraction of sp³-hybridized carbons (Fsp3) is 0.393. The Morgan fingerprint density at radius 3 is 2.12 bits per heavy atom. The number of para-hydroxylation sites is 1. The molecule has 33 heavy (non-hydrogen) atoms. The van der Waals surface area contributed by atoms with Gasteiger partial charge in [-0.25, -0.2) is 4.79 Å². The molecule has 0 unspecified atom stereocenters. The van der Waals surface area contributed by atoms with Gasteiger partial charge < -0.3 is 15.2 Å². The lowest BCUT2D eigenvalue weighted by molar-refractivity contribution is -0.140. The van der Waals surface area contributed by atoms with E-state index in [1.165, 1.54) is 0 Å². The Labute approximate surface area is 196 Å². The Hall–Kier alpha value is -3.30. The molecule has 0 saturated carbocycles. The molecule has 2 aromatic carbocycles. The van der Waals surface area contributed by atoms with Crippen molar-refractivity contribution in [2.75, 3.05) is 11.9 Å². The Morgan fingerprint density at radius 1 is 1.09 bits per heavy atom. The van der Waals surface area contributed by atoms with Crippen LogP contribution in [0.5, 0.6) is 5.75 Å². The molecule has 1 atom stereocenters. The summed E-state index contributed by atoms with van der Waals surface area (Å²) in [5.74, 6) is -0.837. The van der Waals surface area contributed by atoms with Crippen LogP contribution in [0.25, 0.3) is 0 Å². The van der Waals surface area contributed by atoms with Crippen LogP contribution >= 0.6 is 0 Å². The van der Waals surface area contributed by atoms with E-state index in [-0.39, 0.29) is 23.8 Å². The summed E-state index contributed by atoms with van der Waals surface area (Å²) in [6.07, 6.45) is 0. The quantitative estimate of drug-likeness (QED) is 0.369. The molecule has 0 radical (unpaired) electrons. The normalized spacial score (nSPS) is 17.7. The number of anilines is 1. The molecule has 5 nitrogen and oxygen atoms in total. The number of aromatic hydroxyl groups is 1. The number of amides is 1. The minimum atomic E-state index is -1.52. The number of benzene rings is 2. The lowest BCUT2D eigenvalue weighted by Crippen LogP contribution is -2.41. The molecule has 0 spiro atoms. The van der Waals surface area contributed by atoms with Crippen molar-refractivity contribution in [2.45, 2.75) is 64.7 Å². The number of phenolic OH excluding ortho intramolecular Hbond substituents is 1. The summed E-state index contributed by atoms with van der Waals surface area (Å²) in [5.41, 5.74) is 3.59. The smallest absolute Gasteiger partial charge is 0.343 e. The zero-order valence-corrected chi connectivity index (χ0v) is 20.6. The van der Waals surface area contributed by atoms with Crippen molar-refractivity contribution in [2.24, 2.45) is 0 Å². The first kappa shape index (κ1) is 24.3. The average Bonchev–Trinajstić information content (AvgIpc) is 3.00. The van der Waals surface area contributed by atoms with Gasteiger partial charge in [0.05, 0.1) is 6.61 Å². The van der Waals surface area contributed by atoms with Crippen molar-refractivity contribution in [1.29, 1.82) is 0 Å². The van der Waals surface area contributed by atoms with E-state index in [1.54, 1.807) is 13.0 Å². The fourth-order valence-corrected chi connectivity index (χ4v) is 4.49. The van der Waals surface area contributed by atoms with Crippen molar-refractivity contribution in [3.8, 4) is 5.75 Å². The number of hydrogen-bond acceptors (Lipinski definition) is 4. The summed E-state index contributed by atoms with van der Waals surface area (Å²) in [6.45, 7) is 17.6. The van der Waals surface area contributed by atoms with E-state index < -0.39 is 22.2 Å². The second-order valence-corrected chi connectivity index (χ2v) is 10.4. The van der Waals surface area contributed by atoms with Gasteiger partial charge in [-0.3, -0.25) is 4.79 Å². The standard InChI is InChI=1S/C28H33NO4/c1-9-18(24(31)33-10-2)28(19-13-11-12-14-22(19)29-25(28)32)17-15-20(26(3,4)5)23(30)21(16-17)27(6,7)8/h11-16,30H,1,10H2,2-8H3,(H,29,32)/t28-/m0/s1. The van der Waals surface area contributed by atoms with Crippen LogP contribution in [-0.4, -0.2) is 23.6 Å². The number of rotatable bonds is 4. The number of fused-ring (bicyclic) bond motifs is 1. The van der Waals surface area contributed by atoms with Gasteiger partial charge in [0.25, 0.3) is 0 Å². The van der Waals surface area contributed by atoms with Gasteiger partial charge in [-0.15, -0.1) is 5.73 Å². The second-order valence-electron chi connectivity index (χ2n) is 10.4. The molecule has 3 rings (SSSR count). The van der Waals surface area contributed by atoms with Crippen molar-refractivity contribution >= 4 is 17.6 Å². The van der Waals surface area contributed by atoms with Crippen LogP contribution in [0.15, 0.2) is 54.3 Å². The van der Waals surface area contributed by atoms with Gasteiger partial charge in [-0.1, -0.05) is 66.3 Å². The van der Waals surface area contributed by atoms with Crippen LogP contribution in [0.2, 0.25) is 0 Å². The van der Waals surface area contributed by atoms with Crippen LogP contribution in [0.3, 0.4) is 0 Å². The number of ether oxygens (including phenoxy) is 1. The van der Waals surface area contributed by atoms with E-state index in [1.807, 2.05) is 71.9 Å². The zero-order chi connectivity index (χ0) is 24.8. The van der Waals surface area contributed by atoms with Crippen LogP contribution in [0.4, 0.5) is 5.69 Å². The summed E-state index contributed by atoms with van der Waals surface area (Å²) in [4.78, 5) is 26.9. The van der Waals surface area contributed by atoms with Crippen molar-refractivity contribution in [3.63, 3.8) is 0 Å². The van der Waals surface area contributed by atoms with E-state index in [0.717, 1.165) is 0 Å². The molecule has 1 aliphatic rings. The highest BCUT2D eigenvalue weighted by Crippen LogP contribution is 2.51. The monoisotopic (exact) mass is 447 g/mol. The number of carbonyl (C=O) groups excluding carboxylic acids is 2. The Kier molecular flexibility index (Phi) is 6.08. The van der Waals surface area contributed by atoms with Crippen molar-refractivity contribution in [1.82, 2.24) is 0 Å². The van der Waals surface area contributed by atoms with Gasteiger partial charge in [-0.05, 0) is 52.6 Å². The molecule has 0 bridgehead atoms. The fourth-order valence-electron chi connectivity index (χ4n) is 4.49. The molecule has 2 aromatic rings. The molecule has 0 aliphatic carbocycles. The highest BCUT2D eigenvalue weighted by Gasteiger charge is 2.54. The van der Waals surface area contributed by atoms with E-state index in [9.17, 15) is 14.7 Å². The summed E-state index contributed by atoms with van der Waals surface area (Å²) < 4.78 is 5.33. The molecule has 0 saturated heterocycles. The molecule has 0 aromatic heterocycles. The lowest BCUT2D eigenvalue weighted by Gasteiger charge is -2.34. The molecule has 5 heteroatoms. The zero-order valence-electron chi connectivity index (χ0n) is 20.6. The van der Waals surface area contributed by atoms with Crippen LogP contribution in [0, 0.1) is 0 Å². The highest BCUT2D eigenvalue weighted by molar-refractivity contribution is 6.16. The molecule has 2 N–H and O–H groups in total. The van der Waals surface area contributed by atoms with Crippen LogP contribution in [-0.2, 0) is 30.6 Å². The maximum Gasteiger partial charge on any atom is 0.343 e. The molecule has 1 heterocycles. The van der Waals surface area contributed by atoms with Gasteiger partial charge in [0.1, 0.15) is 16.7 Å². The molecule has 1 amide bonds. The maximum absolute atomic E-state index is 13.8. The summed E-state index contributed by atoms with van der Waals surface area (Å²) in [7, 11) is 0. The Balaban J connectivity index is 2.53. The second kappa shape index (κ2) is 8.24. The van der Waals surface area contributed by atoms with Crippen molar-refractivity contribution in [3.05, 3.63) is 76.5 Å². The first-order chi connectivity index (χ1) is 15.3. The van der Waals surface area contributed by atoms with Crippen molar-refractivity contribution < 1.29 is 19.4 Å². The van der Waals surface area contributed by atoms with Gasteiger partial charge >= 0.3 is 5.97 Å². The van der Waals surface area contributed by atoms with Gasteiger partial charge in [-0.2, -0.15) is 0 Å². The SMILES string of the molecule is C=C=C(C(=O)OCC)[C@]1(c2cc(C(C)(C)C)c(O)c(C(C)(C)C)c2)C(=O)Nc2ccccc21. The largest absolute Gasteiger partial charge is 0.507 e. The van der Waals surface area contributed by atoms with E-state index in [0.29, 0.717) is 27.9 Å². The third kappa shape index (κ3) is 3.87. The van der Waals surface area contributed by atoms with E-state index in [4.69, 9.17) is 4.74 Å². The molecule has 174 valence electrons.